The molecule has 2 aliphatic carbocycles. The fourth-order valence-corrected chi connectivity index (χ4v) is 7.19. The van der Waals surface area contributed by atoms with Gasteiger partial charge in [0.15, 0.2) is 17.3 Å². The Bertz CT molecular complexity index is 2080. The number of hydrogen-bond donors (Lipinski definition) is 2. The third-order valence-electron chi connectivity index (χ3n) is 10.1. The minimum atomic E-state index is -4.72. The summed E-state index contributed by atoms with van der Waals surface area (Å²) in [5.41, 5.74) is 6.78. The summed E-state index contributed by atoms with van der Waals surface area (Å²) < 4.78 is 71.9. The van der Waals surface area contributed by atoms with Gasteiger partial charge in [-0.1, -0.05) is 55.8 Å². The number of carbonyl (C=O) groups excluding carboxylic acids is 2. The summed E-state index contributed by atoms with van der Waals surface area (Å²) in [6.07, 6.45) is 0.670. The molecule has 4 aromatic rings. The molecule has 2 fully saturated rings. The van der Waals surface area contributed by atoms with Crippen LogP contribution in [0.2, 0.25) is 5.02 Å². The molecule has 0 saturated heterocycles. The van der Waals surface area contributed by atoms with E-state index in [0.29, 0.717) is 21.9 Å². The Morgan fingerprint density at radius 3 is 2.46 bits per heavy atom. The molecule has 0 unspecified atom stereocenters. The highest BCUT2D eigenvalue weighted by atomic mass is 35.5. The predicted octanol–water partition coefficient (Wildman–Crippen LogP) is 6.80. The highest BCUT2D eigenvalue weighted by molar-refractivity contribution is 6.33. The van der Waals surface area contributed by atoms with Crippen LogP contribution in [0.15, 0.2) is 60.0 Å². The van der Waals surface area contributed by atoms with Crippen molar-refractivity contribution in [2.24, 2.45) is 22.1 Å². The lowest BCUT2D eigenvalue weighted by Crippen LogP contribution is -2.48. The van der Waals surface area contributed by atoms with Crippen molar-refractivity contribution in [1.29, 1.82) is 0 Å². The van der Waals surface area contributed by atoms with Gasteiger partial charge in [0, 0.05) is 11.1 Å². The molecule has 0 spiro atoms. The second-order valence-electron chi connectivity index (χ2n) is 14.4. The standard InChI is InChI=1S/C35H36ClF5N10O3/c1-33(2,21-8-9-21)16-34(22-6-3-19(4-7-22)26-14-45-51(48-26)23-10-11-23)29(52)49(31(42)47-34)27(15-54-32(53)43-17-35(39,40)41)20-5-12-25(36)24(13-20)28-44-18-46-50(28)30(37)38/h3-7,12-14,18,21,23,27,30H,8-11,15-17H2,1-2H3,(H2,42,47)(H,43,53)/t27-,34-/m1/s1. The highest BCUT2D eigenvalue weighted by Gasteiger charge is 2.56. The number of aliphatic imine (C=N–C) groups is 1. The van der Waals surface area contributed by atoms with E-state index in [9.17, 15) is 26.7 Å². The van der Waals surface area contributed by atoms with Gasteiger partial charge in [-0.15, -0.1) is 0 Å². The summed E-state index contributed by atoms with van der Waals surface area (Å²) in [5, 5.41) is 14.2. The average Bonchev–Trinajstić information content (AvgIpc) is 4.04. The van der Waals surface area contributed by atoms with Crippen LogP contribution in [0.25, 0.3) is 22.6 Å². The lowest BCUT2D eigenvalue weighted by atomic mass is 9.72. The predicted molar refractivity (Wildman–Crippen MR) is 185 cm³/mol. The first-order chi connectivity index (χ1) is 25.6. The minimum absolute atomic E-state index is 0.00316. The third kappa shape index (κ3) is 7.47. The average molecular weight is 775 g/mol. The molecule has 13 nitrogen and oxygen atoms in total. The topological polar surface area (TPSA) is 158 Å². The van der Waals surface area contributed by atoms with Gasteiger partial charge >= 0.3 is 18.8 Å². The summed E-state index contributed by atoms with van der Waals surface area (Å²) in [5.74, 6) is -0.823. The number of benzene rings is 2. The van der Waals surface area contributed by atoms with Crippen LogP contribution in [-0.2, 0) is 15.1 Å². The zero-order valence-corrected chi connectivity index (χ0v) is 29.9. The number of halogens is 6. The van der Waals surface area contributed by atoms with Gasteiger partial charge < -0.3 is 15.8 Å². The number of nitrogens with zero attached hydrogens (tertiary/aromatic N) is 8. The number of aromatic nitrogens is 6. The van der Waals surface area contributed by atoms with Crippen molar-refractivity contribution in [3.63, 3.8) is 0 Å². The molecule has 3 aliphatic rings. The molecule has 3 N–H and O–H groups in total. The van der Waals surface area contributed by atoms with Crippen molar-refractivity contribution >= 4 is 29.6 Å². The molecule has 0 bridgehead atoms. The molecule has 2 amide bonds. The number of ether oxygens (including phenoxy) is 1. The van der Waals surface area contributed by atoms with E-state index in [1.54, 1.807) is 28.4 Å². The number of alkyl halides is 5. The maximum Gasteiger partial charge on any atom is 0.407 e. The number of amides is 2. The van der Waals surface area contributed by atoms with Crippen molar-refractivity contribution in [3.05, 3.63) is 71.1 Å². The van der Waals surface area contributed by atoms with Crippen LogP contribution in [0.4, 0.5) is 26.7 Å². The Hall–Kier alpha value is -5.13. The van der Waals surface area contributed by atoms with Crippen LogP contribution in [0.3, 0.4) is 0 Å². The first kappa shape index (κ1) is 37.2. The van der Waals surface area contributed by atoms with Crippen LogP contribution in [0, 0.1) is 11.3 Å². The maximum atomic E-state index is 15.1. The van der Waals surface area contributed by atoms with Crippen LogP contribution < -0.4 is 11.1 Å². The molecule has 2 aromatic heterocycles. The molecule has 54 heavy (non-hydrogen) atoms. The minimum Gasteiger partial charge on any atom is -0.447 e. The molecule has 3 heterocycles. The van der Waals surface area contributed by atoms with Gasteiger partial charge in [0.1, 0.15) is 25.2 Å². The van der Waals surface area contributed by atoms with Crippen LogP contribution in [0.5, 0.6) is 0 Å². The number of carbonyl (C=O) groups is 2. The summed E-state index contributed by atoms with van der Waals surface area (Å²) in [6, 6.07) is 10.3. The van der Waals surface area contributed by atoms with Crippen molar-refractivity contribution in [2.75, 3.05) is 13.2 Å². The van der Waals surface area contributed by atoms with Crippen LogP contribution in [0.1, 0.15) is 75.7 Å². The number of nitrogens with one attached hydrogen (secondary N) is 1. The van der Waals surface area contributed by atoms with Crippen LogP contribution >= 0.6 is 11.6 Å². The fraction of sp³-hybridized carbons (Fsp3) is 0.457. The number of guanidine groups is 1. The van der Waals surface area contributed by atoms with Crippen molar-refractivity contribution in [2.45, 2.75) is 76.3 Å². The summed E-state index contributed by atoms with van der Waals surface area (Å²) in [4.78, 5) is 39.2. The van der Waals surface area contributed by atoms with Gasteiger partial charge in [0.05, 0.1) is 23.3 Å². The molecular weight excluding hydrogens is 739 g/mol. The first-order valence-electron chi connectivity index (χ1n) is 17.2. The van der Waals surface area contributed by atoms with E-state index >= 15 is 4.79 Å². The van der Waals surface area contributed by atoms with E-state index in [1.807, 2.05) is 12.1 Å². The highest BCUT2D eigenvalue weighted by Crippen LogP contribution is 2.54. The number of hydrogen-bond acceptors (Lipinski definition) is 9. The molecule has 2 atom stereocenters. The lowest BCUT2D eigenvalue weighted by molar-refractivity contribution is -0.135. The van der Waals surface area contributed by atoms with E-state index in [0.717, 1.165) is 42.5 Å². The molecule has 286 valence electrons. The SMILES string of the molecule is CC(C)(C[C@]1(c2ccc(-c3cnn(C4CC4)n3)cc2)N=C(N)N([C@H](COC(=O)NCC(F)(F)F)c2ccc(Cl)c(-c3ncnn3C(F)F)c2)C1=O)C1CC1. The van der Waals surface area contributed by atoms with Gasteiger partial charge in [-0.05, 0) is 66.7 Å². The van der Waals surface area contributed by atoms with Gasteiger partial charge in [-0.25, -0.2) is 14.8 Å². The Labute approximate surface area is 310 Å². The summed E-state index contributed by atoms with van der Waals surface area (Å²) in [7, 11) is 0. The smallest absolute Gasteiger partial charge is 0.407 e. The van der Waals surface area contributed by atoms with Crippen molar-refractivity contribution in [3.8, 4) is 22.6 Å². The second-order valence-corrected chi connectivity index (χ2v) is 14.8. The Kier molecular flexibility index (Phi) is 9.60. The zero-order chi connectivity index (χ0) is 38.6. The lowest BCUT2D eigenvalue weighted by Gasteiger charge is -2.36. The molecule has 19 heteroatoms. The number of nitrogens with two attached hydrogens (primary N) is 1. The van der Waals surface area contributed by atoms with E-state index in [4.69, 9.17) is 27.1 Å². The molecule has 2 aromatic carbocycles. The van der Waals surface area contributed by atoms with Gasteiger partial charge in [-0.2, -0.15) is 46.7 Å². The van der Waals surface area contributed by atoms with Crippen molar-refractivity contribution < 1.29 is 36.3 Å². The quantitative estimate of drug-likeness (QED) is 0.141. The van der Waals surface area contributed by atoms with E-state index in [1.165, 1.54) is 18.2 Å². The second kappa shape index (κ2) is 13.9. The molecule has 7 rings (SSSR count). The largest absolute Gasteiger partial charge is 0.447 e. The number of rotatable bonds is 13. The molecule has 0 radical (unpaired) electrons. The summed E-state index contributed by atoms with van der Waals surface area (Å²) in [6.45, 7) is -1.34. The Morgan fingerprint density at radius 2 is 1.81 bits per heavy atom. The van der Waals surface area contributed by atoms with Crippen molar-refractivity contribution in [1.82, 2.24) is 40.0 Å². The first-order valence-corrected chi connectivity index (χ1v) is 17.6. The van der Waals surface area contributed by atoms with E-state index in [-0.39, 0.29) is 40.4 Å². The monoisotopic (exact) mass is 774 g/mol. The fourth-order valence-electron chi connectivity index (χ4n) is 6.99. The van der Waals surface area contributed by atoms with E-state index in [2.05, 4.69) is 34.1 Å². The Balaban J connectivity index is 1.27. The van der Waals surface area contributed by atoms with E-state index < -0.39 is 54.9 Å². The normalized spacial score (nSPS) is 19.7. The van der Waals surface area contributed by atoms with Gasteiger partial charge in [-0.3, -0.25) is 9.69 Å². The maximum absolute atomic E-state index is 15.1. The summed E-state index contributed by atoms with van der Waals surface area (Å²) >= 11 is 6.44. The molecule has 1 aliphatic heterocycles. The number of alkyl carbamates (subject to hydrolysis) is 1. The molecule has 2 saturated carbocycles. The zero-order valence-electron chi connectivity index (χ0n) is 29.1. The Morgan fingerprint density at radius 1 is 1.09 bits per heavy atom. The van der Waals surface area contributed by atoms with Gasteiger partial charge in [0.2, 0.25) is 0 Å². The molecular formula is C35H36ClF5N10O3. The van der Waals surface area contributed by atoms with Crippen LogP contribution in [-0.4, -0.2) is 71.9 Å². The van der Waals surface area contributed by atoms with Gasteiger partial charge in [0.25, 0.3) is 5.91 Å². The third-order valence-corrected chi connectivity index (χ3v) is 10.4.